The maximum atomic E-state index is 14.0. The first-order valence-corrected chi connectivity index (χ1v) is 14.8. The largest absolute Gasteiger partial charge is 0.354 e. The lowest BCUT2D eigenvalue weighted by Crippen LogP contribution is -2.51. The number of nitrogens with zero attached hydrogens (tertiary/aromatic N) is 2. The number of unbranched alkanes of at least 4 members (excludes halogenated alkanes) is 1. The van der Waals surface area contributed by atoms with Crippen LogP contribution in [0.4, 0.5) is 5.69 Å². The van der Waals surface area contributed by atoms with Crippen LogP contribution in [0.25, 0.3) is 0 Å². The Bertz CT molecular complexity index is 1400. The van der Waals surface area contributed by atoms with E-state index >= 15 is 0 Å². The van der Waals surface area contributed by atoms with Gasteiger partial charge in [-0.05, 0) is 68.1 Å². The van der Waals surface area contributed by atoms with E-state index in [0.29, 0.717) is 22.8 Å². The molecule has 0 aromatic heterocycles. The van der Waals surface area contributed by atoms with Crippen LogP contribution >= 0.6 is 11.6 Å². The zero-order valence-electron chi connectivity index (χ0n) is 22.9. The van der Waals surface area contributed by atoms with Crippen LogP contribution < -0.4 is 9.62 Å². The second-order valence-corrected chi connectivity index (χ2v) is 11.7. The van der Waals surface area contributed by atoms with Gasteiger partial charge in [-0.25, -0.2) is 8.42 Å². The average molecular weight is 570 g/mol. The third-order valence-electron chi connectivity index (χ3n) is 6.75. The Morgan fingerprint density at radius 2 is 1.62 bits per heavy atom. The van der Waals surface area contributed by atoms with Crippen LogP contribution in [0.2, 0.25) is 5.02 Å². The zero-order valence-corrected chi connectivity index (χ0v) is 24.4. The second kappa shape index (κ2) is 13.6. The predicted octanol–water partition coefficient (Wildman–Crippen LogP) is 5.49. The first-order valence-electron chi connectivity index (χ1n) is 13.0. The van der Waals surface area contributed by atoms with Crippen molar-refractivity contribution in [3.8, 4) is 0 Å². The topological polar surface area (TPSA) is 86.8 Å². The smallest absolute Gasteiger partial charge is 0.264 e. The van der Waals surface area contributed by atoms with Crippen LogP contribution in [0.3, 0.4) is 0 Å². The van der Waals surface area contributed by atoms with Gasteiger partial charge in [0.2, 0.25) is 11.8 Å². The molecule has 0 saturated heterocycles. The Morgan fingerprint density at radius 3 is 2.28 bits per heavy atom. The molecule has 9 heteroatoms. The van der Waals surface area contributed by atoms with Crippen LogP contribution in [-0.2, 0) is 26.2 Å². The first kappa shape index (κ1) is 30.2. The van der Waals surface area contributed by atoms with Crippen LogP contribution in [0.15, 0.2) is 77.7 Å². The highest BCUT2D eigenvalue weighted by Gasteiger charge is 2.33. The maximum absolute atomic E-state index is 14.0. The van der Waals surface area contributed by atoms with Crippen molar-refractivity contribution in [2.45, 2.75) is 58.0 Å². The van der Waals surface area contributed by atoms with E-state index < -0.39 is 28.5 Å². The van der Waals surface area contributed by atoms with E-state index in [1.54, 1.807) is 61.5 Å². The van der Waals surface area contributed by atoms with Gasteiger partial charge in [-0.1, -0.05) is 73.5 Å². The summed E-state index contributed by atoms with van der Waals surface area (Å²) in [6.07, 6.45) is 1.73. The maximum Gasteiger partial charge on any atom is 0.264 e. The number of aryl methyl sites for hydroxylation is 1. The highest BCUT2D eigenvalue weighted by atomic mass is 35.5. The molecule has 39 heavy (non-hydrogen) atoms. The Morgan fingerprint density at radius 1 is 0.949 bits per heavy atom. The fourth-order valence-electron chi connectivity index (χ4n) is 4.17. The lowest BCUT2D eigenvalue weighted by atomic mass is 10.1. The number of carbonyl (C=O) groups excluding carboxylic acids is 2. The van der Waals surface area contributed by atoms with Gasteiger partial charge in [-0.3, -0.25) is 13.9 Å². The van der Waals surface area contributed by atoms with Gasteiger partial charge in [0.15, 0.2) is 0 Å². The number of hydrogen-bond donors (Lipinski definition) is 1. The van der Waals surface area contributed by atoms with Gasteiger partial charge in [0.05, 0.1) is 10.6 Å². The van der Waals surface area contributed by atoms with Gasteiger partial charge < -0.3 is 10.2 Å². The van der Waals surface area contributed by atoms with Crippen molar-refractivity contribution in [2.75, 3.05) is 17.4 Å². The molecular formula is C30H36ClN3O4S. The number of amides is 2. The molecular weight excluding hydrogens is 534 g/mol. The van der Waals surface area contributed by atoms with Crippen LogP contribution in [-0.4, -0.2) is 44.3 Å². The van der Waals surface area contributed by atoms with E-state index in [2.05, 4.69) is 5.32 Å². The van der Waals surface area contributed by atoms with Gasteiger partial charge in [-0.2, -0.15) is 0 Å². The molecule has 0 heterocycles. The van der Waals surface area contributed by atoms with Crippen molar-refractivity contribution in [1.29, 1.82) is 0 Å². The number of hydrogen-bond acceptors (Lipinski definition) is 4. The van der Waals surface area contributed by atoms with Gasteiger partial charge >= 0.3 is 0 Å². The highest BCUT2D eigenvalue weighted by Crippen LogP contribution is 2.29. The molecule has 0 unspecified atom stereocenters. The van der Waals surface area contributed by atoms with Crippen LogP contribution in [0.5, 0.6) is 0 Å². The summed E-state index contributed by atoms with van der Waals surface area (Å²) < 4.78 is 28.9. The summed E-state index contributed by atoms with van der Waals surface area (Å²) in [5.41, 5.74) is 2.70. The van der Waals surface area contributed by atoms with E-state index in [1.165, 1.54) is 17.0 Å². The minimum absolute atomic E-state index is 0.0485. The SMILES string of the molecule is CCCCNC(=O)[C@H](C)N(Cc1ccccc1Cl)C(=O)CN(c1cccc(C)c1C)S(=O)(=O)c1ccccc1. The summed E-state index contributed by atoms with van der Waals surface area (Å²) >= 11 is 6.41. The molecule has 7 nitrogen and oxygen atoms in total. The van der Waals surface area contributed by atoms with E-state index in [0.717, 1.165) is 28.3 Å². The Hall–Kier alpha value is -3.36. The number of benzene rings is 3. The molecule has 0 spiro atoms. The van der Waals surface area contributed by atoms with Gasteiger partial charge in [0.1, 0.15) is 12.6 Å². The molecule has 1 N–H and O–H groups in total. The first-order chi connectivity index (χ1) is 18.6. The molecule has 0 saturated carbocycles. The molecule has 208 valence electrons. The molecule has 3 rings (SSSR count). The van der Waals surface area contributed by atoms with Gasteiger partial charge in [0, 0.05) is 18.1 Å². The fraction of sp³-hybridized carbons (Fsp3) is 0.333. The summed E-state index contributed by atoms with van der Waals surface area (Å²) in [4.78, 5) is 28.5. The molecule has 1 atom stereocenters. The van der Waals surface area contributed by atoms with Crippen LogP contribution in [0.1, 0.15) is 43.4 Å². The molecule has 3 aromatic carbocycles. The predicted molar refractivity (Wildman–Crippen MR) is 156 cm³/mol. The molecule has 0 radical (unpaired) electrons. The third kappa shape index (κ3) is 7.40. The van der Waals surface area contributed by atoms with E-state index in [9.17, 15) is 18.0 Å². The molecule has 2 amide bonds. The van der Waals surface area contributed by atoms with Crippen molar-refractivity contribution in [3.05, 3.63) is 94.5 Å². The van der Waals surface area contributed by atoms with Crippen LogP contribution in [0, 0.1) is 13.8 Å². The van der Waals surface area contributed by atoms with E-state index in [-0.39, 0.29) is 17.3 Å². The number of rotatable bonds is 12. The van der Waals surface area contributed by atoms with Crippen molar-refractivity contribution in [3.63, 3.8) is 0 Å². The van der Waals surface area contributed by atoms with Crippen molar-refractivity contribution >= 4 is 39.1 Å². The molecule has 0 aliphatic heterocycles. The number of nitrogens with one attached hydrogen (secondary N) is 1. The lowest BCUT2D eigenvalue weighted by Gasteiger charge is -2.32. The summed E-state index contributed by atoms with van der Waals surface area (Å²) in [7, 11) is -4.11. The van der Waals surface area contributed by atoms with Gasteiger partial charge in [0.25, 0.3) is 10.0 Å². The Balaban J connectivity index is 2.04. The number of sulfonamides is 1. The molecule has 0 aliphatic carbocycles. The summed E-state index contributed by atoms with van der Waals surface area (Å²) in [6.45, 7) is 7.44. The van der Waals surface area contributed by atoms with Crippen molar-refractivity contribution in [1.82, 2.24) is 10.2 Å². The zero-order chi connectivity index (χ0) is 28.6. The minimum atomic E-state index is -4.11. The monoisotopic (exact) mass is 569 g/mol. The van der Waals surface area contributed by atoms with E-state index in [1.807, 2.05) is 26.8 Å². The molecule has 0 bridgehead atoms. The fourth-order valence-corrected chi connectivity index (χ4v) is 5.86. The third-order valence-corrected chi connectivity index (χ3v) is 8.89. The van der Waals surface area contributed by atoms with Crippen molar-refractivity contribution < 1.29 is 18.0 Å². The van der Waals surface area contributed by atoms with E-state index in [4.69, 9.17) is 11.6 Å². The molecule has 3 aromatic rings. The Kier molecular flexibility index (Phi) is 10.5. The summed E-state index contributed by atoms with van der Waals surface area (Å²) in [6, 6.07) is 19.6. The average Bonchev–Trinajstić information content (AvgIpc) is 2.93. The van der Waals surface area contributed by atoms with Gasteiger partial charge in [-0.15, -0.1) is 0 Å². The quantitative estimate of drug-likeness (QED) is 0.292. The molecule has 0 aliphatic rings. The Labute approximate surface area is 236 Å². The summed E-state index contributed by atoms with van der Waals surface area (Å²) in [5.74, 6) is -0.832. The van der Waals surface area contributed by atoms with Crippen molar-refractivity contribution in [2.24, 2.45) is 0 Å². The molecule has 0 fully saturated rings. The highest BCUT2D eigenvalue weighted by molar-refractivity contribution is 7.92. The number of anilines is 1. The number of carbonyl (C=O) groups is 2. The number of halogens is 1. The lowest BCUT2D eigenvalue weighted by molar-refractivity contribution is -0.139. The summed E-state index contributed by atoms with van der Waals surface area (Å²) in [5, 5.41) is 3.33. The second-order valence-electron chi connectivity index (χ2n) is 9.48. The standard InChI is InChI=1S/C30H36ClN3O4S/c1-5-6-19-32-30(36)24(4)33(20-25-14-10-11-17-27(25)31)29(35)21-34(28-18-12-13-22(2)23(28)3)39(37,38)26-15-8-7-9-16-26/h7-18,24H,5-6,19-21H2,1-4H3,(H,32,36)/t24-/m0/s1. The normalized spacial score (nSPS) is 12.0. The minimum Gasteiger partial charge on any atom is -0.354 e.